The molecule has 0 bridgehead atoms. The standard InChI is InChI=1S/C18H20N2O/c1-2-6-18-19-11-12-20(18)13-17(21)16-10-5-8-14-7-3-4-9-15(14)16/h3-5,7-12,17,21H,2,6,13H2,1H3. The van der Waals surface area contributed by atoms with Crippen molar-refractivity contribution in [2.75, 3.05) is 0 Å². The molecule has 0 saturated heterocycles. The monoisotopic (exact) mass is 280 g/mol. The van der Waals surface area contributed by atoms with Gasteiger partial charge in [-0.25, -0.2) is 4.98 Å². The number of imidazole rings is 1. The maximum atomic E-state index is 10.6. The van der Waals surface area contributed by atoms with Crippen molar-refractivity contribution in [2.24, 2.45) is 0 Å². The van der Waals surface area contributed by atoms with E-state index in [9.17, 15) is 5.11 Å². The lowest BCUT2D eigenvalue weighted by Crippen LogP contribution is -2.11. The first-order valence-electron chi connectivity index (χ1n) is 7.45. The zero-order valence-electron chi connectivity index (χ0n) is 12.2. The molecule has 21 heavy (non-hydrogen) atoms. The number of aliphatic hydroxyl groups is 1. The molecule has 3 rings (SSSR count). The Hall–Kier alpha value is -2.13. The van der Waals surface area contributed by atoms with Gasteiger partial charge in [-0.05, 0) is 22.8 Å². The Morgan fingerprint density at radius 1 is 1.14 bits per heavy atom. The van der Waals surface area contributed by atoms with E-state index in [1.807, 2.05) is 30.5 Å². The second-order valence-electron chi connectivity index (χ2n) is 5.33. The van der Waals surface area contributed by atoms with Crippen LogP contribution in [0.3, 0.4) is 0 Å². The predicted molar refractivity (Wildman–Crippen MR) is 85.1 cm³/mol. The first-order chi connectivity index (χ1) is 10.3. The molecule has 1 heterocycles. The number of benzene rings is 2. The van der Waals surface area contributed by atoms with Gasteiger partial charge in [-0.3, -0.25) is 0 Å². The number of rotatable bonds is 5. The quantitative estimate of drug-likeness (QED) is 0.773. The Bertz CT molecular complexity index is 727. The van der Waals surface area contributed by atoms with E-state index in [4.69, 9.17) is 0 Å². The van der Waals surface area contributed by atoms with Crippen molar-refractivity contribution in [1.82, 2.24) is 9.55 Å². The minimum Gasteiger partial charge on any atom is -0.387 e. The van der Waals surface area contributed by atoms with Gasteiger partial charge in [-0.1, -0.05) is 49.4 Å². The minimum absolute atomic E-state index is 0.527. The van der Waals surface area contributed by atoms with Crippen molar-refractivity contribution in [3.05, 3.63) is 66.2 Å². The Kier molecular flexibility index (Phi) is 4.02. The summed E-state index contributed by atoms with van der Waals surface area (Å²) in [7, 11) is 0. The Morgan fingerprint density at radius 3 is 2.81 bits per heavy atom. The van der Waals surface area contributed by atoms with Crippen LogP contribution in [0.5, 0.6) is 0 Å². The van der Waals surface area contributed by atoms with Crippen molar-refractivity contribution in [2.45, 2.75) is 32.4 Å². The summed E-state index contributed by atoms with van der Waals surface area (Å²) in [6.07, 6.45) is 5.22. The summed E-state index contributed by atoms with van der Waals surface area (Å²) in [5.41, 5.74) is 0.976. The van der Waals surface area contributed by atoms with Gasteiger partial charge in [0.15, 0.2) is 0 Å². The molecule has 3 nitrogen and oxygen atoms in total. The lowest BCUT2D eigenvalue weighted by Gasteiger charge is -2.16. The van der Waals surface area contributed by atoms with Crippen LogP contribution in [0.15, 0.2) is 54.9 Å². The minimum atomic E-state index is -0.527. The number of aryl methyl sites for hydroxylation is 1. The fourth-order valence-electron chi connectivity index (χ4n) is 2.78. The number of hydrogen-bond donors (Lipinski definition) is 1. The highest BCUT2D eigenvalue weighted by molar-refractivity contribution is 5.85. The second kappa shape index (κ2) is 6.10. The van der Waals surface area contributed by atoms with Crippen molar-refractivity contribution < 1.29 is 5.11 Å². The van der Waals surface area contributed by atoms with Crippen LogP contribution in [0.4, 0.5) is 0 Å². The van der Waals surface area contributed by atoms with Crippen LogP contribution in [0.2, 0.25) is 0 Å². The second-order valence-corrected chi connectivity index (χ2v) is 5.33. The predicted octanol–water partition coefficient (Wildman–Crippen LogP) is 3.72. The fraction of sp³-hybridized carbons (Fsp3) is 0.278. The molecular formula is C18H20N2O. The molecule has 1 aromatic heterocycles. The molecular weight excluding hydrogens is 260 g/mol. The smallest absolute Gasteiger partial charge is 0.108 e. The van der Waals surface area contributed by atoms with Crippen LogP contribution in [0.25, 0.3) is 10.8 Å². The van der Waals surface area contributed by atoms with Gasteiger partial charge in [-0.2, -0.15) is 0 Å². The topological polar surface area (TPSA) is 38.0 Å². The van der Waals surface area contributed by atoms with Gasteiger partial charge in [0.1, 0.15) is 5.82 Å². The maximum Gasteiger partial charge on any atom is 0.108 e. The molecule has 0 aliphatic carbocycles. The third-order valence-electron chi connectivity index (χ3n) is 3.83. The van der Waals surface area contributed by atoms with Crippen LogP contribution in [0.1, 0.15) is 30.8 Å². The summed E-state index contributed by atoms with van der Waals surface area (Å²) in [6.45, 7) is 2.68. The average molecular weight is 280 g/mol. The molecule has 108 valence electrons. The summed E-state index contributed by atoms with van der Waals surface area (Å²) in [6, 6.07) is 14.3. The molecule has 1 atom stereocenters. The van der Waals surface area contributed by atoms with Crippen molar-refractivity contribution in [3.8, 4) is 0 Å². The van der Waals surface area contributed by atoms with Gasteiger partial charge in [0.2, 0.25) is 0 Å². The molecule has 1 N–H and O–H groups in total. The third kappa shape index (κ3) is 2.83. The lowest BCUT2D eigenvalue weighted by molar-refractivity contribution is 0.156. The van der Waals surface area contributed by atoms with Crippen molar-refractivity contribution in [1.29, 1.82) is 0 Å². The van der Waals surface area contributed by atoms with Crippen LogP contribution < -0.4 is 0 Å². The van der Waals surface area contributed by atoms with Gasteiger partial charge < -0.3 is 9.67 Å². The number of aliphatic hydroxyl groups excluding tert-OH is 1. The highest BCUT2D eigenvalue weighted by Gasteiger charge is 2.13. The third-order valence-corrected chi connectivity index (χ3v) is 3.83. The molecule has 0 spiro atoms. The molecule has 0 radical (unpaired) electrons. The summed E-state index contributed by atoms with van der Waals surface area (Å²) in [4.78, 5) is 4.37. The first kappa shape index (κ1) is 13.8. The van der Waals surface area contributed by atoms with E-state index < -0.39 is 6.10 Å². The van der Waals surface area contributed by atoms with E-state index in [-0.39, 0.29) is 0 Å². The summed E-state index contributed by atoms with van der Waals surface area (Å²) < 4.78 is 2.05. The number of hydrogen-bond acceptors (Lipinski definition) is 2. The molecule has 0 fully saturated rings. The summed E-state index contributed by atoms with van der Waals surface area (Å²) >= 11 is 0. The number of fused-ring (bicyclic) bond motifs is 1. The lowest BCUT2D eigenvalue weighted by atomic mass is 10.0. The zero-order chi connectivity index (χ0) is 14.7. The molecule has 3 aromatic rings. The highest BCUT2D eigenvalue weighted by atomic mass is 16.3. The normalized spacial score (nSPS) is 12.7. The molecule has 1 unspecified atom stereocenters. The fourth-order valence-corrected chi connectivity index (χ4v) is 2.78. The molecule has 0 saturated carbocycles. The summed E-state index contributed by atoms with van der Waals surface area (Å²) in [5.74, 6) is 1.04. The Morgan fingerprint density at radius 2 is 1.95 bits per heavy atom. The van der Waals surface area contributed by atoms with Gasteiger partial charge in [0.05, 0.1) is 12.6 Å². The zero-order valence-corrected chi connectivity index (χ0v) is 12.2. The number of nitrogens with zero attached hydrogens (tertiary/aromatic N) is 2. The van der Waals surface area contributed by atoms with E-state index >= 15 is 0 Å². The van der Waals surface area contributed by atoms with Crippen molar-refractivity contribution >= 4 is 10.8 Å². The largest absolute Gasteiger partial charge is 0.387 e. The molecule has 0 aliphatic rings. The number of aromatic nitrogens is 2. The Labute approximate surface area is 124 Å². The molecule has 0 amide bonds. The van der Waals surface area contributed by atoms with E-state index in [1.165, 1.54) is 0 Å². The van der Waals surface area contributed by atoms with E-state index in [1.54, 1.807) is 6.20 Å². The first-order valence-corrected chi connectivity index (χ1v) is 7.45. The Balaban J connectivity index is 1.90. The molecule has 2 aromatic carbocycles. The average Bonchev–Trinajstić information content (AvgIpc) is 2.94. The molecule has 3 heteroatoms. The van der Waals surface area contributed by atoms with E-state index in [0.717, 1.165) is 35.0 Å². The summed E-state index contributed by atoms with van der Waals surface area (Å²) in [5, 5.41) is 12.9. The van der Waals surface area contributed by atoms with Crippen LogP contribution in [-0.2, 0) is 13.0 Å². The SMILES string of the molecule is CCCc1nccn1CC(O)c1cccc2ccccc12. The van der Waals surface area contributed by atoms with Crippen molar-refractivity contribution in [3.63, 3.8) is 0 Å². The van der Waals surface area contributed by atoms with Gasteiger partial charge in [0.25, 0.3) is 0 Å². The van der Waals surface area contributed by atoms with Crippen LogP contribution in [0, 0.1) is 0 Å². The highest BCUT2D eigenvalue weighted by Crippen LogP contribution is 2.25. The van der Waals surface area contributed by atoms with Crippen LogP contribution >= 0.6 is 0 Å². The van der Waals surface area contributed by atoms with Crippen LogP contribution in [-0.4, -0.2) is 14.7 Å². The van der Waals surface area contributed by atoms with E-state index in [2.05, 4.69) is 34.7 Å². The van der Waals surface area contributed by atoms with Gasteiger partial charge in [-0.15, -0.1) is 0 Å². The maximum absolute atomic E-state index is 10.6. The van der Waals surface area contributed by atoms with Gasteiger partial charge in [0, 0.05) is 18.8 Å². The molecule has 0 aliphatic heterocycles. The van der Waals surface area contributed by atoms with E-state index in [0.29, 0.717) is 6.54 Å². The van der Waals surface area contributed by atoms with Gasteiger partial charge >= 0.3 is 0 Å².